The lowest BCUT2D eigenvalue weighted by atomic mass is 10.4. The molecule has 1 aromatic rings. The highest BCUT2D eigenvalue weighted by molar-refractivity contribution is 7.12. The Kier molecular flexibility index (Phi) is 4.65. The molecule has 0 saturated heterocycles. The molecule has 17 heavy (non-hydrogen) atoms. The van der Waals surface area contributed by atoms with Crippen molar-refractivity contribution in [1.82, 2.24) is 10.2 Å². The van der Waals surface area contributed by atoms with Crippen LogP contribution in [0.1, 0.15) is 9.67 Å². The minimum atomic E-state index is -1.09. The zero-order valence-electron chi connectivity index (χ0n) is 9.17. The molecule has 0 fully saturated rings. The lowest BCUT2D eigenvalue weighted by Crippen LogP contribution is -2.40. The number of carbonyl (C=O) groups is 3. The number of carboxylic acid groups (broad SMARTS) is 1. The molecule has 6 nitrogen and oxygen atoms in total. The number of carbonyl (C=O) groups excluding carboxylic acids is 2. The average molecular weight is 256 g/mol. The molecule has 0 aromatic carbocycles. The summed E-state index contributed by atoms with van der Waals surface area (Å²) in [6.45, 7) is -0.589. The van der Waals surface area contributed by atoms with Crippen molar-refractivity contribution in [2.75, 3.05) is 20.1 Å². The molecule has 0 bridgehead atoms. The van der Waals surface area contributed by atoms with Crippen LogP contribution in [-0.2, 0) is 9.59 Å². The van der Waals surface area contributed by atoms with Gasteiger partial charge in [0.2, 0.25) is 5.91 Å². The zero-order valence-corrected chi connectivity index (χ0v) is 9.99. The van der Waals surface area contributed by atoms with Gasteiger partial charge in [0.05, 0.1) is 11.4 Å². The average Bonchev–Trinajstić information content (AvgIpc) is 2.77. The van der Waals surface area contributed by atoms with Crippen LogP contribution >= 0.6 is 11.3 Å². The highest BCUT2D eigenvalue weighted by Crippen LogP contribution is 2.07. The van der Waals surface area contributed by atoms with Gasteiger partial charge in [0.1, 0.15) is 6.54 Å². The second kappa shape index (κ2) is 6.00. The number of nitrogens with one attached hydrogen (secondary N) is 1. The number of aliphatic carboxylic acids is 1. The molecule has 1 aromatic heterocycles. The summed E-state index contributed by atoms with van der Waals surface area (Å²) in [4.78, 5) is 34.8. The molecule has 0 aliphatic carbocycles. The van der Waals surface area contributed by atoms with Crippen molar-refractivity contribution in [3.05, 3.63) is 22.4 Å². The van der Waals surface area contributed by atoms with Crippen LogP contribution in [0.15, 0.2) is 17.5 Å². The predicted molar refractivity (Wildman–Crippen MR) is 61.9 cm³/mol. The van der Waals surface area contributed by atoms with E-state index < -0.39 is 11.9 Å². The van der Waals surface area contributed by atoms with E-state index in [4.69, 9.17) is 5.11 Å². The van der Waals surface area contributed by atoms with Crippen molar-refractivity contribution < 1.29 is 19.5 Å². The van der Waals surface area contributed by atoms with Crippen LogP contribution in [0, 0.1) is 0 Å². The number of likely N-dealkylation sites (N-methyl/N-ethyl adjacent to an activating group) is 1. The Balaban J connectivity index is 2.38. The van der Waals surface area contributed by atoms with E-state index >= 15 is 0 Å². The molecular weight excluding hydrogens is 244 g/mol. The van der Waals surface area contributed by atoms with Gasteiger partial charge in [0, 0.05) is 7.05 Å². The predicted octanol–water partition coefficient (Wildman–Crippen LogP) is 0.0209. The molecule has 0 aliphatic heterocycles. The van der Waals surface area contributed by atoms with Gasteiger partial charge in [-0.3, -0.25) is 14.4 Å². The summed E-state index contributed by atoms with van der Waals surface area (Å²) in [6, 6.07) is 3.38. The summed E-state index contributed by atoms with van der Waals surface area (Å²) in [5.41, 5.74) is 0. The molecule has 0 atom stereocenters. The normalized spacial score (nSPS) is 9.71. The van der Waals surface area contributed by atoms with Crippen LogP contribution in [-0.4, -0.2) is 47.9 Å². The standard InChI is InChI=1S/C10H12N2O4S/c1-12(6-9(14)15)8(13)5-11-10(16)7-3-2-4-17-7/h2-4H,5-6H2,1H3,(H,11,16)(H,14,15). The van der Waals surface area contributed by atoms with Gasteiger partial charge >= 0.3 is 5.97 Å². The molecule has 1 heterocycles. The van der Waals surface area contributed by atoms with Crippen LogP contribution in [0.25, 0.3) is 0 Å². The number of nitrogens with zero attached hydrogens (tertiary/aromatic N) is 1. The van der Waals surface area contributed by atoms with E-state index in [-0.39, 0.29) is 19.0 Å². The third-order valence-corrected chi connectivity index (χ3v) is 2.81. The van der Waals surface area contributed by atoms with E-state index in [0.29, 0.717) is 4.88 Å². The van der Waals surface area contributed by atoms with Gasteiger partial charge < -0.3 is 15.3 Å². The van der Waals surface area contributed by atoms with E-state index in [9.17, 15) is 14.4 Å². The Morgan fingerprint density at radius 3 is 2.71 bits per heavy atom. The van der Waals surface area contributed by atoms with Gasteiger partial charge in [-0.2, -0.15) is 0 Å². The quantitative estimate of drug-likeness (QED) is 0.777. The maximum Gasteiger partial charge on any atom is 0.323 e. The first-order valence-electron chi connectivity index (χ1n) is 4.78. The maximum absolute atomic E-state index is 11.5. The first-order chi connectivity index (χ1) is 8.00. The molecule has 2 amide bonds. The Morgan fingerprint density at radius 1 is 1.47 bits per heavy atom. The SMILES string of the molecule is CN(CC(=O)O)C(=O)CNC(=O)c1cccs1. The van der Waals surface area contributed by atoms with E-state index in [1.165, 1.54) is 18.4 Å². The number of thiophene rings is 1. The van der Waals surface area contributed by atoms with Crippen LogP contribution in [0.4, 0.5) is 0 Å². The van der Waals surface area contributed by atoms with Crippen molar-refractivity contribution in [3.8, 4) is 0 Å². The van der Waals surface area contributed by atoms with Crippen molar-refractivity contribution in [3.63, 3.8) is 0 Å². The van der Waals surface area contributed by atoms with Gasteiger partial charge in [-0.25, -0.2) is 0 Å². The largest absolute Gasteiger partial charge is 0.480 e. The Hall–Kier alpha value is -1.89. The Labute approximate surface area is 102 Å². The van der Waals surface area contributed by atoms with Crippen molar-refractivity contribution in [2.45, 2.75) is 0 Å². The van der Waals surface area contributed by atoms with Crippen LogP contribution in [0.2, 0.25) is 0 Å². The van der Waals surface area contributed by atoms with E-state index in [1.54, 1.807) is 17.5 Å². The fraction of sp³-hybridized carbons (Fsp3) is 0.300. The topological polar surface area (TPSA) is 86.7 Å². The third-order valence-electron chi connectivity index (χ3n) is 1.94. The van der Waals surface area contributed by atoms with E-state index in [0.717, 1.165) is 4.90 Å². The highest BCUT2D eigenvalue weighted by Gasteiger charge is 2.13. The molecule has 0 aliphatic rings. The maximum atomic E-state index is 11.5. The fourth-order valence-corrected chi connectivity index (χ4v) is 1.72. The fourth-order valence-electron chi connectivity index (χ4n) is 1.08. The molecule has 2 N–H and O–H groups in total. The lowest BCUT2D eigenvalue weighted by Gasteiger charge is -2.14. The molecule has 0 unspecified atom stereocenters. The van der Waals surface area contributed by atoms with E-state index in [2.05, 4.69) is 5.32 Å². The Bertz CT molecular complexity index is 416. The summed E-state index contributed by atoms with van der Waals surface area (Å²) in [7, 11) is 1.37. The second-order valence-electron chi connectivity index (χ2n) is 3.30. The minimum absolute atomic E-state index is 0.208. The zero-order chi connectivity index (χ0) is 12.8. The third kappa shape index (κ3) is 4.23. The summed E-state index contributed by atoms with van der Waals surface area (Å²) in [5.74, 6) is -1.88. The van der Waals surface area contributed by atoms with Gasteiger partial charge in [-0.1, -0.05) is 6.07 Å². The molecule has 7 heteroatoms. The van der Waals surface area contributed by atoms with Gasteiger partial charge in [0.25, 0.3) is 5.91 Å². The molecule has 0 radical (unpaired) electrons. The van der Waals surface area contributed by atoms with Crippen molar-refractivity contribution >= 4 is 29.1 Å². The van der Waals surface area contributed by atoms with E-state index in [1.807, 2.05) is 0 Å². The first kappa shape index (κ1) is 13.2. The first-order valence-corrected chi connectivity index (χ1v) is 5.66. The lowest BCUT2D eigenvalue weighted by molar-refractivity contribution is -0.143. The molecular formula is C10H12N2O4S. The smallest absolute Gasteiger partial charge is 0.323 e. The van der Waals surface area contributed by atoms with Crippen LogP contribution < -0.4 is 5.32 Å². The highest BCUT2D eigenvalue weighted by atomic mass is 32.1. The molecule has 0 spiro atoms. The molecule has 0 saturated carbocycles. The monoisotopic (exact) mass is 256 g/mol. The molecule has 1 rings (SSSR count). The van der Waals surface area contributed by atoms with Crippen molar-refractivity contribution in [2.24, 2.45) is 0 Å². The summed E-state index contributed by atoms with van der Waals surface area (Å²) < 4.78 is 0. The second-order valence-corrected chi connectivity index (χ2v) is 4.25. The number of hydrogen-bond acceptors (Lipinski definition) is 4. The summed E-state index contributed by atoms with van der Waals surface area (Å²) in [6.07, 6.45) is 0. The number of carboxylic acids is 1. The number of hydrogen-bond donors (Lipinski definition) is 2. The van der Waals surface area contributed by atoms with Gasteiger partial charge in [-0.15, -0.1) is 11.3 Å². The van der Waals surface area contributed by atoms with Gasteiger partial charge in [-0.05, 0) is 11.4 Å². The van der Waals surface area contributed by atoms with Crippen molar-refractivity contribution in [1.29, 1.82) is 0 Å². The Morgan fingerprint density at radius 2 is 2.18 bits per heavy atom. The summed E-state index contributed by atoms with van der Waals surface area (Å²) >= 11 is 1.27. The number of rotatable bonds is 5. The van der Waals surface area contributed by atoms with Crippen LogP contribution in [0.3, 0.4) is 0 Å². The minimum Gasteiger partial charge on any atom is -0.480 e. The van der Waals surface area contributed by atoms with Crippen LogP contribution in [0.5, 0.6) is 0 Å². The summed E-state index contributed by atoms with van der Waals surface area (Å²) in [5, 5.41) is 12.7. The molecule has 92 valence electrons. The van der Waals surface area contributed by atoms with Gasteiger partial charge in [0.15, 0.2) is 0 Å². The number of amides is 2.